The number of carboxylic acids is 1. The molecule has 174 valence electrons. The van der Waals surface area contributed by atoms with Gasteiger partial charge in [0.05, 0.1) is 0 Å². The van der Waals surface area contributed by atoms with E-state index >= 15 is 0 Å². The number of carbonyl (C=O) groups is 1. The van der Waals surface area contributed by atoms with Gasteiger partial charge >= 0.3 is 188 Å². The number of ether oxygens (including phenoxy) is 3. The van der Waals surface area contributed by atoms with Crippen molar-refractivity contribution in [1.29, 1.82) is 0 Å². The zero-order chi connectivity index (χ0) is 22.8. The minimum atomic E-state index is -2.16. The Morgan fingerprint density at radius 3 is 2.53 bits per heavy atom. The second kappa shape index (κ2) is 9.34. The number of aliphatic carboxylic acids is 1. The predicted molar refractivity (Wildman–Crippen MR) is 123 cm³/mol. The first-order valence-corrected chi connectivity index (χ1v) is 13.2. The number of fused-ring (bicyclic) bond motifs is 3. The second-order valence-corrected chi connectivity index (χ2v) is 12.7. The molecule has 0 saturated carbocycles. The molecule has 0 atom stereocenters. The van der Waals surface area contributed by atoms with E-state index in [-0.39, 0.29) is 17.8 Å². The summed E-state index contributed by atoms with van der Waals surface area (Å²) < 4.78 is 37.3. The first-order chi connectivity index (χ1) is 15.3. The molecule has 2 aromatic rings. The van der Waals surface area contributed by atoms with Crippen molar-refractivity contribution in [2.45, 2.75) is 26.2 Å². The van der Waals surface area contributed by atoms with Gasteiger partial charge in [-0.05, 0) is 0 Å². The van der Waals surface area contributed by atoms with Crippen molar-refractivity contribution in [3.05, 3.63) is 47.8 Å². The van der Waals surface area contributed by atoms with E-state index < -0.39 is 13.5 Å². The number of hydrogen-bond donors (Lipinski definition) is 1. The third kappa shape index (κ3) is 4.90. The van der Waals surface area contributed by atoms with Gasteiger partial charge in [0.25, 0.3) is 0 Å². The van der Waals surface area contributed by atoms with Gasteiger partial charge in [0.2, 0.25) is 0 Å². The van der Waals surface area contributed by atoms with Crippen LogP contribution in [0.2, 0.25) is 0 Å². The van der Waals surface area contributed by atoms with Gasteiger partial charge in [0.1, 0.15) is 0 Å². The number of methoxy groups -OCH3 is 1. The molecule has 0 spiro atoms. The summed E-state index contributed by atoms with van der Waals surface area (Å²) in [6, 6.07) is 10.7. The van der Waals surface area contributed by atoms with Crippen LogP contribution in [0.15, 0.2) is 36.4 Å². The first kappa shape index (κ1) is 23.0. The fourth-order valence-electron chi connectivity index (χ4n) is 4.69. The average Bonchev–Trinajstić information content (AvgIpc) is 2.80. The summed E-state index contributed by atoms with van der Waals surface area (Å²) in [5.41, 5.74) is 0.648. The molecule has 32 heavy (non-hydrogen) atoms. The Balaban J connectivity index is 1.49. The summed E-state index contributed by atoms with van der Waals surface area (Å²) in [6.07, 6.45) is 4.91. The monoisotopic (exact) mass is 464 g/mol. The van der Waals surface area contributed by atoms with E-state index in [4.69, 9.17) is 23.8 Å². The minimum absolute atomic E-state index is 0.0743. The molecule has 3 aliphatic heterocycles. The molecule has 2 aromatic carbocycles. The maximum absolute atomic E-state index is 13.9. The number of rotatable bonds is 9. The first-order valence-electron chi connectivity index (χ1n) is 10.9. The second-order valence-electron chi connectivity index (χ2n) is 8.89. The Labute approximate surface area is 188 Å². The van der Waals surface area contributed by atoms with Crippen LogP contribution in [-0.2, 0) is 14.1 Å². The van der Waals surface area contributed by atoms with Crippen molar-refractivity contribution in [2.75, 3.05) is 39.3 Å². The molecule has 6 nitrogen and oxygen atoms in total. The number of carboxylic acid groups (broad SMARTS) is 1. The summed E-state index contributed by atoms with van der Waals surface area (Å²) in [7, 11) is -0.541. The van der Waals surface area contributed by atoms with Gasteiger partial charge in [-0.2, -0.15) is 0 Å². The van der Waals surface area contributed by atoms with Crippen LogP contribution in [0.5, 0.6) is 17.2 Å². The molecule has 0 amide bonds. The van der Waals surface area contributed by atoms with Crippen LogP contribution in [0.3, 0.4) is 0 Å². The Kier molecular flexibility index (Phi) is 6.70. The molecule has 0 aromatic heterocycles. The molecule has 3 fully saturated rings. The summed E-state index contributed by atoms with van der Waals surface area (Å²) in [5, 5.41) is 9.87. The molecule has 3 saturated heterocycles. The molecule has 8 heteroatoms. The van der Waals surface area contributed by atoms with Crippen LogP contribution >= 0.6 is 7.49 Å². The van der Waals surface area contributed by atoms with Crippen LogP contribution in [0.1, 0.15) is 24.8 Å². The van der Waals surface area contributed by atoms with E-state index in [9.17, 15) is 9.18 Å². The van der Waals surface area contributed by atoms with Gasteiger partial charge in [-0.25, -0.2) is 0 Å². The van der Waals surface area contributed by atoms with Crippen molar-refractivity contribution in [3.8, 4) is 17.2 Å². The quantitative estimate of drug-likeness (QED) is 0.434. The van der Waals surface area contributed by atoms with Gasteiger partial charge in [0.15, 0.2) is 0 Å². The molecule has 0 radical (unpaired) electrons. The van der Waals surface area contributed by atoms with E-state index in [2.05, 4.69) is 0 Å². The van der Waals surface area contributed by atoms with Gasteiger partial charge in [-0.3, -0.25) is 0 Å². The normalized spacial score (nSPS) is 22.3. The SMILES string of the molecule is COc1cc(Oc2ccc(C)c(F)c2)cc([PH]23CCC(CCOCC(=O)O)(CC2)CO3)c1. The Hall–Kier alpha value is -2.21. The van der Waals surface area contributed by atoms with E-state index in [0.717, 1.165) is 36.9 Å². The van der Waals surface area contributed by atoms with Crippen molar-refractivity contribution < 1.29 is 33.0 Å². The molecule has 2 bridgehead atoms. The summed E-state index contributed by atoms with van der Waals surface area (Å²) in [5.74, 6) is 0.504. The maximum atomic E-state index is 13.9. The van der Waals surface area contributed by atoms with Crippen molar-refractivity contribution in [1.82, 2.24) is 0 Å². The van der Waals surface area contributed by atoms with E-state index in [1.807, 2.05) is 18.2 Å². The predicted octanol–water partition coefficient (Wildman–Crippen LogP) is 4.53. The zero-order valence-corrected chi connectivity index (χ0v) is 19.5. The average molecular weight is 464 g/mol. The number of hydrogen-bond acceptors (Lipinski definition) is 5. The van der Waals surface area contributed by atoms with Gasteiger partial charge in [0, 0.05) is 0 Å². The van der Waals surface area contributed by atoms with E-state index in [1.165, 1.54) is 6.07 Å². The third-order valence-electron chi connectivity index (χ3n) is 6.80. The van der Waals surface area contributed by atoms with E-state index in [1.54, 1.807) is 26.2 Å². The van der Waals surface area contributed by atoms with Crippen LogP contribution in [-0.4, -0.2) is 50.3 Å². The molecular weight excluding hydrogens is 434 g/mol. The van der Waals surface area contributed by atoms with Crippen molar-refractivity contribution >= 4 is 18.8 Å². The molecular formula is C24H30FO6P. The van der Waals surface area contributed by atoms with Gasteiger partial charge in [-0.1, -0.05) is 0 Å². The number of halogens is 1. The Bertz CT molecular complexity index is 970. The molecule has 1 N–H and O–H groups in total. The molecule has 0 unspecified atom stereocenters. The van der Waals surface area contributed by atoms with Crippen molar-refractivity contribution in [3.63, 3.8) is 0 Å². The Morgan fingerprint density at radius 1 is 1.16 bits per heavy atom. The van der Waals surface area contributed by atoms with Crippen LogP contribution < -0.4 is 14.8 Å². The van der Waals surface area contributed by atoms with Gasteiger partial charge < -0.3 is 0 Å². The number of aryl methyl sites for hydroxylation is 1. The molecule has 3 aliphatic rings. The third-order valence-corrected chi connectivity index (χ3v) is 10.9. The Morgan fingerprint density at radius 2 is 1.91 bits per heavy atom. The van der Waals surface area contributed by atoms with Crippen LogP contribution in [0, 0.1) is 18.2 Å². The number of benzene rings is 2. The van der Waals surface area contributed by atoms with Gasteiger partial charge in [-0.15, -0.1) is 0 Å². The van der Waals surface area contributed by atoms with Crippen LogP contribution in [0.25, 0.3) is 0 Å². The fourth-order valence-corrected chi connectivity index (χ4v) is 9.24. The fraction of sp³-hybridized carbons (Fsp3) is 0.458. The molecule has 3 heterocycles. The summed E-state index contributed by atoms with van der Waals surface area (Å²) in [6.45, 7) is 2.57. The van der Waals surface area contributed by atoms with Crippen LogP contribution in [0.4, 0.5) is 4.39 Å². The van der Waals surface area contributed by atoms with Crippen molar-refractivity contribution in [2.24, 2.45) is 5.41 Å². The summed E-state index contributed by atoms with van der Waals surface area (Å²) in [4.78, 5) is 10.7. The zero-order valence-electron chi connectivity index (χ0n) is 18.5. The van der Waals surface area contributed by atoms with E-state index in [0.29, 0.717) is 36.0 Å². The molecule has 5 rings (SSSR count). The molecule has 0 aliphatic carbocycles. The summed E-state index contributed by atoms with van der Waals surface area (Å²) >= 11 is 0. The standard InChI is InChI=1S/C24H30FO6P/c1-17-3-4-18(14-22(17)25)31-20-11-19(28-2)12-21(13-20)32-9-6-24(7-10-32,16-30-32)5-8-29-15-23(26)27/h3-4,11-14,32H,5-10,15-16H2,1-2H3,(H,26,27). The topological polar surface area (TPSA) is 74.2 Å².